The molecular weight excluding hydrogens is 421 g/mol. The predicted octanol–water partition coefficient (Wildman–Crippen LogP) is 6.09. The van der Waals surface area contributed by atoms with Gasteiger partial charge in [-0.1, -0.05) is 24.3 Å². The molecule has 1 amide bonds. The summed E-state index contributed by atoms with van der Waals surface area (Å²) in [6, 6.07) is 17.0. The smallest absolute Gasteiger partial charge is 0.249 e. The molecule has 0 saturated heterocycles. The highest BCUT2D eigenvalue weighted by molar-refractivity contribution is 7.13. The van der Waals surface area contributed by atoms with Gasteiger partial charge in [0.25, 0.3) is 0 Å². The van der Waals surface area contributed by atoms with E-state index in [0.717, 1.165) is 33.5 Å². The van der Waals surface area contributed by atoms with E-state index in [0.29, 0.717) is 16.5 Å². The molecule has 0 unspecified atom stereocenters. The molecule has 31 heavy (non-hydrogen) atoms. The average Bonchev–Trinajstić information content (AvgIpc) is 3.39. The molecule has 5 aromatic rings. The molecule has 154 valence electrons. The van der Waals surface area contributed by atoms with Gasteiger partial charge >= 0.3 is 0 Å². The average molecular weight is 436 g/mol. The second-order valence-corrected chi connectivity index (χ2v) is 8.18. The highest BCUT2D eigenvalue weighted by Gasteiger charge is 2.18. The Morgan fingerprint density at radius 1 is 0.935 bits per heavy atom. The van der Waals surface area contributed by atoms with Crippen molar-refractivity contribution >= 4 is 39.0 Å². The lowest BCUT2D eigenvalue weighted by atomic mass is 10.0. The van der Waals surface area contributed by atoms with Crippen molar-refractivity contribution < 1.29 is 18.0 Å². The fraction of sp³-hybridized carbons (Fsp3) is 0.0417. The SMILES string of the molecule is NC(=O)c1cccc2c1c1ccc(-c3cccs3)cc1n2Cc1cc(F)c(F)c(F)c1. The molecule has 0 spiro atoms. The maximum Gasteiger partial charge on any atom is 0.249 e. The van der Waals surface area contributed by atoms with Crippen molar-refractivity contribution in [3.63, 3.8) is 0 Å². The zero-order chi connectivity index (χ0) is 21.7. The normalized spacial score (nSPS) is 11.5. The molecule has 3 aromatic carbocycles. The first-order chi connectivity index (χ1) is 14.9. The minimum atomic E-state index is -1.50. The van der Waals surface area contributed by atoms with E-state index in [4.69, 9.17) is 5.73 Å². The summed E-state index contributed by atoms with van der Waals surface area (Å²) in [6.45, 7) is 0.0875. The van der Waals surface area contributed by atoms with E-state index in [-0.39, 0.29) is 12.1 Å². The number of hydrogen-bond acceptors (Lipinski definition) is 2. The Bertz CT molecular complexity index is 1450. The van der Waals surface area contributed by atoms with E-state index in [1.54, 1.807) is 23.5 Å². The molecule has 0 radical (unpaired) electrons. The summed E-state index contributed by atoms with van der Waals surface area (Å²) in [4.78, 5) is 13.1. The number of hydrogen-bond donors (Lipinski definition) is 1. The van der Waals surface area contributed by atoms with Crippen molar-refractivity contribution in [1.29, 1.82) is 0 Å². The van der Waals surface area contributed by atoms with Gasteiger partial charge < -0.3 is 10.3 Å². The molecule has 0 atom stereocenters. The third kappa shape index (κ3) is 3.18. The minimum Gasteiger partial charge on any atom is -0.366 e. The van der Waals surface area contributed by atoms with Crippen LogP contribution in [0.1, 0.15) is 15.9 Å². The minimum absolute atomic E-state index is 0.0875. The van der Waals surface area contributed by atoms with Crippen LogP contribution in [0, 0.1) is 17.5 Å². The number of aromatic nitrogens is 1. The number of carbonyl (C=O) groups is 1. The summed E-state index contributed by atoms with van der Waals surface area (Å²) in [5.41, 5.74) is 8.68. The molecule has 2 N–H and O–H groups in total. The van der Waals surface area contributed by atoms with Gasteiger partial charge in [0.05, 0.1) is 11.0 Å². The number of carbonyl (C=O) groups excluding carboxylic acids is 1. The molecule has 0 aliphatic heterocycles. The van der Waals surface area contributed by atoms with Gasteiger partial charge in [0.15, 0.2) is 17.5 Å². The van der Waals surface area contributed by atoms with E-state index >= 15 is 0 Å². The number of primary amides is 1. The van der Waals surface area contributed by atoms with E-state index < -0.39 is 23.4 Å². The largest absolute Gasteiger partial charge is 0.366 e. The molecule has 0 bridgehead atoms. The molecular formula is C24H15F3N2OS. The highest BCUT2D eigenvalue weighted by Crippen LogP contribution is 2.36. The summed E-state index contributed by atoms with van der Waals surface area (Å²) in [5, 5.41) is 3.45. The van der Waals surface area contributed by atoms with Crippen LogP contribution in [0.5, 0.6) is 0 Å². The maximum absolute atomic E-state index is 13.8. The summed E-state index contributed by atoms with van der Waals surface area (Å²) in [7, 11) is 0. The second-order valence-electron chi connectivity index (χ2n) is 7.23. The van der Waals surface area contributed by atoms with Crippen LogP contribution in [-0.4, -0.2) is 10.5 Å². The Hall–Kier alpha value is -3.58. The Morgan fingerprint density at radius 2 is 1.71 bits per heavy atom. The highest BCUT2D eigenvalue weighted by atomic mass is 32.1. The van der Waals surface area contributed by atoms with Crippen LogP contribution in [0.15, 0.2) is 66.0 Å². The van der Waals surface area contributed by atoms with Crippen LogP contribution in [0.4, 0.5) is 13.2 Å². The van der Waals surface area contributed by atoms with Gasteiger partial charge in [-0.3, -0.25) is 4.79 Å². The Morgan fingerprint density at radius 3 is 2.39 bits per heavy atom. The predicted molar refractivity (Wildman–Crippen MR) is 117 cm³/mol. The topological polar surface area (TPSA) is 48.0 Å². The van der Waals surface area contributed by atoms with Crippen LogP contribution in [0.25, 0.3) is 32.2 Å². The molecule has 0 aliphatic rings. The van der Waals surface area contributed by atoms with Crippen molar-refractivity contribution in [2.75, 3.05) is 0 Å². The molecule has 0 aliphatic carbocycles. The maximum atomic E-state index is 13.8. The van der Waals surface area contributed by atoms with Crippen LogP contribution < -0.4 is 5.73 Å². The lowest BCUT2D eigenvalue weighted by molar-refractivity contribution is 0.100. The monoisotopic (exact) mass is 436 g/mol. The summed E-state index contributed by atoms with van der Waals surface area (Å²) >= 11 is 1.59. The fourth-order valence-corrected chi connectivity index (χ4v) is 4.72. The number of amides is 1. The summed E-state index contributed by atoms with van der Waals surface area (Å²) < 4.78 is 43.0. The van der Waals surface area contributed by atoms with Gasteiger partial charge in [0, 0.05) is 27.8 Å². The van der Waals surface area contributed by atoms with Crippen molar-refractivity contribution in [3.8, 4) is 10.4 Å². The molecule has 5 rings (SSSR count). The molecule has 7 heteroatoms. The van der Waals surface area contributed by atoms with Crippen molar-refractivity contribution in [2.24, 2.45) is 5.73 Å². The first-order valence-electron chi connectivity index (χ1n) is 9.46. The van der Waals surface area contributed by atoms with Gasteiger partial charge in [-0.05, 0) is 52.9 Å². The van der Waals surface area contributed by atoms with E-state index in [9.17, 15) is 18.0 Å². The van der Waals surface area contributed by atoms with Gasteiger partial charge in [-0.2, -0.15) is 0 Å². The van der Waals surface area contributed by atoms with Crippen LogP contribution in [0.3, 0.4) is 0 Å². The molecule has 0 fully saturated rings. The quantitative estimate of drug-likeness (QED) is 0.341. The Labute approximate surface area is 179 Å². The fourth-order valence-electron chi connectivity index (χ4n) is 4.00. The molecule has 0 saturated carbocycles. The van der Waals surface area contributed by atoms with Crippen LogP contribution in [0.2, 0.25) is 0 Å². The molecule has 3 nitrogen and oxygen atoms in total. The van der Waals surface area contributed by atoms with E-state index in [1.165, 1.54) is 0 Å². The number of rotatable bonds is 4. The number of fused-ring (bicyclic) bond motifs is 3. The van der Waals surface area contributed by atoms with Crippen molar-refractivity contribution in [1.82, 2.24) is 4.57 Å². The van der Waals surface area contributed by atoms with Gasteiger partial charge in [-0.25, -0.2) is 13.2 Å². The Kier molecular flexibility index (Phi) is 4.55. The first-order valence-corrected chi connectivity index (χ1v) is 10.3. The molecule has 2 heterocycles. The number of nitrogens with two attached hydrogens (primary N) is 1. The van der Waals surface area contributed by atoms with Gasteiger partial charge in [0.2, 0.25) is 5.91 Å². The number of benzene rings is 3. The van der Waals surface area contributed by atoms with E-state index in [1.807, 2.05) is 46.3 Å². The number of halogens is 3. The summed E-state index contributed by atoms with van der Waals surface area (Å²) in [6.07, 6.45) is 0. The van der Waals surface area contributed by atoms with Gasteiger partial charge in [-0.15, -0.1) is 11.3 Å². The second kappa shape index (κ2) is 7.28. The Balaban J connectivity index is 1.81. The summed E-state index contributed by atoms with van der Waals surface area (Å²) in [5.74, 6) is -4.55. The van der Waals surface area contributed by atoms with Crippen molar-refractivity contribution in [2.45, 2.75) is 6.54 Å². The third-order valence-corrected chi connectivity index (χ3v) is 6.27. The zero-order valence-electron chi connectivity index (χ0n) is 16.0. The number of thiophene rings is 1. The first kappa shape index (κ1) is 19.4. The van der Waals surface area contributed by atoms with E-state index in [2.05, 4.69) is 0 Å². The lowest BCUT2D eigenvalue weighted by Crippen LogP contribution is -2.11. The van der Waals surface area contributed by atoms with Gasteiger partial charge in [0.1, 0.15) is 0 Å². The number of nitrogens with zero attached hydrogens (tertiary/aromatic N) is 1. The zero-order valence-corrected chi connectivity index (χ0v) is 16.8. The molecule has 2 aromatic heterocycles. The van der Waals surface area contributed by atoms with Crippen LogP contribution in [-0.2, 0) is 6.54 Å². The van der Waals surface area contributed by atoms with Crippen molar-refractivity contribution in [3.05, 3.63) is 94.6 Å². The lowest BCUT2D eigenvalue weighted by Gasteiger charge is -2.10. The third-order valence-electron chi connectivity index (χ3n) is 5.35. The van der Waals surface area contributed by atoms with Crippen LogP contribution >= 0.6 is 11.3 Å². The standard InChI is InChI=1S/C24H15F3N2OS/c25-17-9-13(10-18(26)23(17)27)12-29-19-4-1-3-16(24(28)30)22(19)15-7-6-14(11-20(15)29)21-5-2-8-31-21/h1-11H,12H2,(H2,28,30).